The molecule has 0 saturated carbocycles. The minimum Gasteiger partial charge on any atom is -0.292 e. The van der Waals surface area contributed by atoms with Gasteiger partial charge >= 0.3 is 0 Å². The number of para-hydroxylation sites is 2. The van der Waals surface area contributed by atoms with E-state index < -0.39 is 0 Å². The lowest BCUT2D eigenvalue weighted by atomic mass is 9.89. The lowest BCUT2D eigenvalue weighted by Gasteiger charge is -2.19. The maximum atomic E-state index is 5.53. The first-order valence-electron chi connectivity index (χ1n) is 22.6. The zero-order valence-electron chi connectivity index (χ0n) is 36.3. The Bertz CT molecular complexity index is 3900. The van der Waals surface area contributed by atoms with Gasteiger partial charge in [0, 0.05) is 49.8 Å². The van der Waals surface area contributed by atoms with E-state index in [2.05, 4.69) is 217 Å². The molecule has 0 amide bonds. The summed E-state index contributed by atoms with van der Waals surface area (Å²) in [4.78, 5) is 22.1. The molecule has 0 radical (unpaired) electrons. The maximum Gasteiger partial charge on any atom is 0.160 e. The predicted octanol–water partition coefficient (Wildman–Crippen LogP) is 15.8. The van der Waals surface area contributed by atoms with Crippen LogP contribution in [0.4, 0.5) is 0 Å². The van der Waals surface area contributed by atoms with Crippen LogP contribution in [-0.2, 0) is 0 Å². The van der Waals surface area contributed by atoms with Crippen LogP contribution in [0.15, 0.2) is 237 Å². The molecule has 0 saturated heterocycles. The largest absolute Gasteiger partial charge is 0.292 e. The van der Waals surface area contributed by atoms with Gasteiger partial charge in [-0.3, -0.25) is 4.57 Å². The first-order chi connectivity index (χ1) is 33.2. The molecule has 0 bridgehead atoms. The van der Waals surface area contributed by atoms with Gasteiger partial charge in [-0.2, -0.15) is 0 Å². The van der Waals surface area contributed by atoms with E-state index in [1.54, 1.807) is 0 Å². The van der Waals surface area contributed by atoms with E-state index in [9.17, 15) is 0 Å². The first kappa shape index (κ1) is 38.4. The number of fused-ring (bicyclic) bond motifs is 7. The van der Waals surface area contributed by atoms with E-state index in [4.69, 9.17) is 19.9 Å². The fraction of sp³-hybridized carbons (Fsp3) is 0. The Morgan fingerprint density at radius 1 is 0.313 bits per heavy atom. The van der Waals surface area contributed by atoms with Gasteiger partial charge < -0.3 is 0 Å². The molecule has 3 heterocycles. The average Bonchev–Trinajstić information content (AvgIpc) is 3.81. The number of pyridine rings is 1. The summed E-state index contributed by atoms with van der Waals surface area (Å²) in [5.74, 6) is 1.55. The summed E-state index contributed by atoms with van der Waals surface area (Å²) in [7, 11) is 0. The SMILES string of the molecule is c1ccc(-c2nc(-c3cccc4ccccc34)c(-c3ccc(-c4nc5ccccc5c5ccc6c(nc(-c7ccccc7)n6-c6ccccc6)c45)cc3)c(-c3cccc4ccccc34)n2)cc1. The van der Waals surface area contributed by atoms with E-state index >= 15 is 0 Å². The van der Waals surface area contributed by atoms with Crippen molar-refractivity contribution in [2.75, 3.05) is 0 Å². The van der Waals surface area contributed by atoms with E-state index in [0.717, 1.165) is 122 Å². The van der Waals surface area contributed by atoms with Gasteiger partial charge in [-0.15, -0.1) is 0 Å². The standard InChI is InChI=1S/C62H39N5/c1-4-20-44(21-5-1)61-64-58(51-31-16-24-40-18-10-12-28-47(40)51)55(59(65-61)52-32-17-25-41-19-11-13-29-48(41)52)42-34-36-43(37-35-42)57-56-50(49-30-14-15-33-53(49)63-57)38-39-54-60(56)66-62(45-22-6-2-7-23-45)67(54)46-26-8-3-9-27-46/h1-39H. The molecule has 3 aromatic heterocycles. The minimum atomic E-state index is 0.674. The number of hydrogen-bond acceptors (Lipinski definition) is 4. The molecule has 0 N–H and O–H groups in total. The minimum absolute atomic E-state index is 0.674. The normalized spacial score (nSPS) is 11.6. The molecule has 0 unspecified atom stereocenters. The quantitative estimate of drug-likeness (QED) is 0.150. The van der Waals surface area contributed by atoms with Gasteiger partial charge in [-0.05, 0) is 56.8 Å². The summed E-state index contributed by atoms with van der Waals surface area (Å²) in [6, 6.07) is 83.1. The van der Waals surface area contributed by atoms with Gasteiger partial charge in [0.2, 0.25) is 0 Å². The molecule has 0 fully saturated rings. The highest BCUT2D eigenvalue weighted by Crippen LogP contribution is 2.45. The van der Waals surface area contributed by atoms with Crippen molar-refractivity contribution < 1.29 is 0 Å². The van der Waals surface area contributed by atoms with Gasteiger partial charge in [-0.25, -0.2) is 19.9 Å². The molecule has 0 aliphatic carbocycles. The van der Waals surface area contributed by atoms with Gasteiger partial charge in [0.05, 0.1) is 33.6 Å². The first-order valence-corrected chi connectivity index (χ1v) is 22.6. The lowest BCUT2D eigenvalue weighted by Crippen LogP contribution is -2.01. The summed E-state index contributed by atoms with van der Waals surface area (Å²) in [5.41, 5.74) is 13.6. The monoisotopic (exact) mass is 853 g/mol. The Kier molecular flexibility index (Phi) is 9.10. The predicted molar refractivity (Wildman–Crippen MR) is 277 cm³/mol. The topological polar surface area (TPSA) is 56.5 Å². The smallest absolute Gasteiger partial charge is 0.160 e. The molecule has 13 rings (SSSR count). The highest BCUT2D eigenvalue weighted by atomic mass is 15.1. The van der Waals surface area contributed by atoms with Gasteiger partial charge in [0.1, 0.15) is 5.82 Å². The van der Waals surface area contributed by atoms with E-state index in [-0.39, 0.29) is 0 Å². The lowest BCUT2D eigenvalue weighted by molar-refractivity contribution is 1.10. The number of aromatic nitrogens is 5. The number of rotatable bonds is 7. The third kappa shape index (κ3) is 6.47. The van der Waals surface area contributed by atoms with Crippen molar-refractivity contribution in [3.05, 3.63) is 237 Å². The molecule has 5 heteroatoms. The third-order valence-electron chi connectivity index (χ3n) is 13.0. The fourth-order valence-corrected chi connectivity index (χ4v) is 9.91. The molecule has 10 aromatic carbocycles. The molecule has 5 nitrogen and oxygen atoms in total. The van der Waals surface area contributed by atoms with E-state index in [1.807, 2.05) is 24.3 Å². The zero-order chi connectivity index (χ0) is 44.3. The Hall–Kier alpha value is -9.06. The van der Waals surface area contributed by atoms with Gasteiger partial charge in [0.25, 0.3) is 0 Å². The Balaban J connectivity index is 1.09. The number of benzene rings is 10. The second-order valence-corrected chi connectivity index (χ2v) is 16.9. The zero-order valence-corrected chi connectivity index (χ0v) is 36.3. The molecule has 67 heavy (non-hydrogen) atoms. The molecular weight excluding hydrogens is 815 g/mol. The van der Waals surface area contributed by atoms with Crippen molar-refractivity contribution in [2.45, 2.75) is 0 Å². The highest BCUT2D eigenvalue weighted by molar-refractivity contribution is 6.20. The highest BCUT2D eigenvalue weighted by Gasteiger charge is 2.24. The average molecular weight is 854 g/mol. The molecular formula is C62H39N5. The van der Waals surface area contributed by atoms with Crippen LogP contribution < -0.4 is 0 Å². The Morgan fingerprint density at radius 3 is 1.48 bits per heavy atom. The fourth-order valence-electron chi connectivity index (χ4n) is 9.91. The summed E-state index contributed by atoms with van der Waals surface area (Å²) >= 11 is 0. The molecule has 312 valence electrons. The van der Waals surface area contributed by atoms with Crippen LogP contribution in [0.5, 0.6) is 0 Å². The van der Waals surface area contributed by atoms with Crippen LogP contribution in [0, 0.1) is 0 Å². The van der Waals surface area contributed by atoms with Crippen LogP contribution >= 0.6 is 0 Å². The maximum absolute atomic E-state index is 5.53. The number of hydrogen-bond donors (Lipinski definition) is 0. The summed E-state index contributed by atoms with van der Waals surface area (Å²) in [5, 5.41) is 7.77. The van der Waals surface area contributed by atoms with Crippen molar-refractivity contribution in [1.82, 2.24) is 24.5 Å². The molecule has 0 atom stereocenters. The second kappa shape index (κ2) is 15.9. The van der Waals surface area contributed by atoms with Crippen molar-refractivity contribution in [3.63, 3.8) is 0 Å². The number of nitrogens with zero attached hydrogens (tertiary/aromatic N) is 5. The van der Waals surface area contributed by atoms with E-state index in [1.165, 1.54) is 0 Å². The van der Waals surface area contributed by atoms with Crippen molar-refractivity contribution in [3.8, 4) is 73.4 Å². The Morgan fingerprint density at radius 2 is 0.836 bits per heavy atom. The third-order valence-corrected chi connectivity index (χ3v) is 13.0. The van der Waals surface area contributed by atoms with Gasteiger partial charge in [-0.1, -0.05) is 212 Å². The van der Waals surface area contributed by atoms with Crippen molar-refractivity contribution in [2.24, 2.45) is 0 Å². The Labute approximate surface area is 387 Å². The number of imidazole rings is 1. The molecule has 0 spiro atoms. The molecule has 0 aliphatic rings. The summed E-state index contributed by atoms with van der Waals surface area (Å²) in [6.07, 6.45) is 0. The van der Waals surface area contributed by atoms with Gasteiger partial charge in [0.15, 0.2) is 5.82 Å². The van der Waals surface area contributed by atoms with Crippen LogP contribution in [0.2, 0.25) is 0 Å². The van der Waals surface area contributed by atoms with Crippen molar-refractivity contribution >= 4 is 54.3 Å². The summed E-state index contributed by atoms with van der Waals surface area (Å²) in [6.45, 7) is 0. The van der Waals surface area contributed by atoms with Crippen molar-refractivity contribution in [1.29, 1.82) is 0 Å². The molecule has 0 aliphatic heterocycles. The van der Waals surface area contributed by atoms with Crippen LogP contribution in [0.25, 0.3) is 128 Å². The van der Waals surface area contributed by atoms with Crippen LogP contribution in [-0.4, -0.2) is 24.5 Å². The van der Waals surface area contributed by atoms with E-state index in [0.29, 0.717) is 5.82 Å². The van der Waals surface area contributed by atoms with Crippen LogP contribution in [0.3, 0.4) is 0 Å². The second-order valence-electron chi connectivity index (χ2n) is 16.9. The summed E-state index contributed by atoms with van der Waals surface area (Å²) < 4.78 is 2.27. The van der Waals surface area contributed by atoms with Crippen LogP contribution in [0.1, 0.15) is 0 Å². The molecule has 13 aromatic rings.